The maximum absolute atomic E-state index is 8.10. The molecule has 0 atom stereocenters. The molecule has 0 radical (unpaired) electrons. The Bertz CT molecular complexity index is 533. The number of nitrogens with one attached hydrogen (secondary N) is 1. The number of hydrogen-bond acceptors (Lipinski definition) is 3. The number of ether oxygens (including phenoxy) is 1. The zero-order valence-electron chi connectivity index (χ0n) is 13.6. The average molecular weight is 286 g/mol. The van der Waals surface area contributed by atoms with Crippen molar-refractivity contribution in [1.82, 2.24) is 0 Å². The number of nitrogens with two attached hydrogens (primary N) is 1. The molecule has 0 bridgehead atoms. The topological polar surface area (TPSA) is 59.1 Å². The van der Waals surface area contributed by atoms with Crippen LogP contribution in [0.3, 0.4) is 0 Å². The molecule has 0 amide bonds. The number of benzene rings is 2. The predicted molar refractivity (Wildman–Crippen MR) is 92.5 cm³/mol. The van der Waals surface area contributed by atoms with Crippen molar-refractivity contribution in [2.45, 2.75) is 27.7 Å². The van der Waals surface area contributed by atoms with Crippen LogP contribution < -0.4 is 10.5 Å². The normalized spacial score (nSPS) is 8.62. The predicted octanol–water partition coefficient (Wildman–Crippen LogP) is 4.75. The number of methoxy groups -OCH3 is 1. The molecule has 0 heterocycles. The SMILES string of the molecule is CC.CC.COc1ccc(C(=N)c2cccc(N)c2)cc1. The van der Waals surface area contributed by atoms with E-state index in [1.54, 1.807) is 13.2 Å². The van der Waals surface area contributed by atoms with E-state index in [-0.39, 0.29) is 0 Å². The van der Waals surface area contributed by atoms with Crippen LogP contribution in [0.5, 0.6) is 5.75 Å². The van der Waals surface area contributed by atoms with E-state index in [9.17, 15) is 0 Å². The largest absolute Gasteiger partial charge is 0.497 e. The van der Waals surface area contributed by atoms with Crippen LogP contribution in [0, 0.1) is 5.41 Å². The van der Waals surface area contributed by atoms with Crippen LogP contribution >= 0.6 is 0 Å². The Labute approximate surface area is 128 Å². The molecule has 2 aromatic rings. The molecule has 0 aromatic heterocycles. The monoisotopic (exact) mass is 286 g/mol. The molecule has 0 unspecified atom stereocenters. The van der Waals surface area contributed by atoms with Gasteiger partial charge < -0.3 is 10.5 Å². The summed E-state index contributed by atoms with van der Waals surface area (Å²) in [5, 5.41) is 8.10. The van der Waals surface area contributed by atoms with Crippen molar-refractivity contribution in [2.75, 3.05) is 12.8 Å². The minimum absolute atomic E-state index is 0.458. The average Bonchev–Trinajstić information content (AvgIpc) is 2.58. The molecule has 3 N–H and O–H groups in total. The summed E-state index contributed by atoms with van der Waals surface area (Å²) in [7, 11) is 1.62. The molecule has 3 nitrogen and oxygen atoms in total. The maximum atomic E-state index is 8.10. The van der Waals surface area contributed by atoms with Gasteiger partial charge in [0.05, 0.1) is 12.8 Å². The minimum Gasteiger partial charge on any atom is -0.497 e. The smallest absolute Gasteiger partial charge is 0.118 e. The third kappa shape index (κ3) is 5.69. The van der Waals surface area contributed by atoms with Gasteiger partial charge in [-0.05, 0) is 36.4 Å². The second-order valence-corrected chi connectivity index (χ2v) is 3.73. The van der Waals surface area contributed by atoms with E-state index >= 15 is 0 Å². The Balaban J connectivity index is 0.000000921. The molecule has 0 spiro atoms. The summed E-state index contributed by atoms with van der Waals surface area (Å²) in [4.78, 5) is 0. The summed E-state index contributed by atoms with van der Waals surface area (Å²) in [5.74, 6) is 0.786. The Morgan fingerprint density at radius 1 is 0.905 bits per heavy atom. The van der Waals surface area contributed by atoms with E-state index in [4.69, 9.17) is 15.9 Å². The highest BCUT2D eigenvalue weighted by molar-refractivity contribution is 6.11. The molecule has 0 aliphatic heterocycles. The zero-order chi connectivity index (χ0) is 16.3. The van der Waals surface area contributed by atoms with Gasteiger partial charge in [-0.2, -0.15) is 0 Å². The maximum Gasteiger partial charge on any atom is 0.118 e. The lowest BCUT2D eigenvalue weighted by Crippen LogP contribution is -2.02. The van der Waals surface area contributed by atoms with Crippen LogP contribution in [0.2, 0.25) is 0 Å². The van der Waals surface area contributed by atoms with Crippen LogP contribution in [-0.2, 0) is 0 Å². The van der Waals surface area contributed by atoms with Crippen molar-refractivity contribution >= 4 is 11.4 Å². The lowest BCUT2D eigenvalue weighted by molar-refractivity contribution is 0.415. The van der Waals surface area contributed by atoms with Gasteiger partial charge in [0, 0.05) is 16.8 Å². The standard InChI is InChI=1S/C14H14N2O.2C2H6/c1-17-13-7-5-10(6-8-13)14(16)11-3-2-4-12(15)9-11;2*1-2/h2-9,16H,15H2,1H3;2*1-2H3. The van der Waals surface area contributed by atoms with Gasteiger partial charge in [-0.15, -0.1) is 0 Å². The minimum atomic E-state index is 0.458. The number of hydrogen-bond donors (Lipinski definition) is 2. The van der Waals surface area contributed by atoms with Crippen molar-refractivity contribution in [3.63, 3.8) is 0 Å². The highest BCUT2D eigenvalue weighted by atomic mass is 16.5. The molecule has 0 aliphatic carbocycles. The van der Waals surface area contributed by atoms with Crippen LogP contribution in [0.1, 0.15) is 38.8 Å². The van der Waals surface area contributed by atoms with Gasteiger partial charge in [0.2, 0.25) is 0 Å². The van der Waals surface area contributed by atoms with Crippen molar-refractivity contribution < 1.29 is 4.74 Å². The number of rotatable bonds is 3. The lowest BCUT2D eigenvalue weighted by Gasteiger charge is -2.06. The van der Waals surface area contributed by atoms with Crippen molar-refractivity contribution in [3.05, 3.63) is 59.7 Å². The molecule has 3 heteroatoms. The summed E-state index contributed by atoms with van der Waals surface area (Å²) < 4.78 is 5.08. The molecule has 21 heavy (non-hydrogen) atoms. The van der Waals surface area contributed by atoms with Gasteiger partial charge >= 0.3 is 0 Å². The quantitative estimate of drug-likeness (QED) is 0.632. The van der Waals surface area contributed by atoms with Crippen LogP contribution in [-0.4, -0.2) is 12.8 Å². The lowest BCUT2D eigenvalue weighted by atomic mass is 10.0. The molecule has 0 aliphatic rings. The van der Waals surface area contributed by atoms with Gasteiger partial charge in [-0.3, -0.25) is 5.41 Å². The fraction of sp³-hybridized carbons (Fsp3) is 0.278. The molecular formula is C18H26N2O. The van der Waals surface area contributed by atoms with E-state index in [1.807, 2.05) is 70.2 Å². The van der Waals surface area contributed by atoms with Crippen LogP contribution in [0.25, 0.3) is 0 Å². The number of nitrogen functional groups attached to an aromatic ring is 1. The molecule has 0 saturated heterocycles. The van der Waals surface area contributed by atoms with E-state index in [0.717, 1.165) is 16.9 Å². The summed E-state index contributed by atoms with van der Waals surface area (Å²) in [5.41, 5.74) is 8.49. The van der Waals surface area contributed by atoms with E-state index < -0.39 is 0 Å². The fourth-order valence-electron chi connectivity index (χ4n) is 1.62. The highest BCUT2D eigenvalue weighted by Crippen LogP contribution is 2.16. The summed E-state index contributed by atoms with van der Waals surface area (Å²) in [6.07, 6.45) is 0. The van der Waals surface area contributed by atoms with Crippen molar-refractivity contribution in [1.29, 1.82) is 5.41 Å². The second kappa shape index (κ2) is 10.5. The van der Waals surface area contributed by atoms with Crippen LogP contribution in [0.15, 0.2) is 48.5 Å². The first-order valence-corrected chi connectivity index (χ1v) is 7.29. The summed E-state index contributed by atoms with van der Waals surface area (Å²) >= 11 is 0. The second-order valence-electron chi connectivity index (χ2n) is 3.73. The molecule has 0 fully saturated rings. The molecule has 2 aromatic carbocycles. The third-order valence-corrected chi connectivity index (χ3v) is 2.55. The molecular weight excluding hydrogens is 260 g/mol. The Morgan fingerprint density at radius 3 is 1.95 bits per heavy atom. The van der Waals surface area contributed by atoms with Gasteiger partial charge in [-0.1, -0.05) is 39.8 Å². The Hall–Kier alpha value is -2.29. The van der Waals surface area contributed by atoms with E-state index in [2.05, 4.69) is 0 Å². The van der Waals surface area contributed by atoms with E-state index in [1.165, 1.54) is 0 Å². The Kier molecular flexibility index (Phi) is 9.35. The molecule has 114 valence electrons. The molecule has 2 rings (SSSR count). The first kappa shape index (κ1) is 18.7. The van der Waals surface area contributed by atoms with Gasteiger partial charge in [-0.25, -0.2) is 0 Å². The van der Waals surface area contributed by atoms with Gasteiger partial charge in [0.1, 0.15) is 5.75 Å². The summed E-state index contributed by atoms with van der Waals surface area (Å²) in [6.45, 7) is 8.00. The van der Waals surface area contributed by atoms with Crippen molar-refractivity contribution in [3.8, 4) is 5.75 Å². The number of anilines is 1. The van der Waals surface area contributed by atoms with Crippen LogP contribution in [0.4, 0.5) is 5.69 Å². The zero-order valence-corrected chi connectivity index (χ0v) is 13.6. The first-order valence-electron chi connectivity index (χ1n) is 7.29. The Morgan fingerprint density at radius 2 is 1.48 bits per heavy atom. The molecule has 0 saturated carbocycles. The summed E-state index contributed by atoms with van der Waals surface area (Å²) in [6, 6.07) is 14.8. The van der Waals surface area contributed by atoms with Crippen molar-refractivity contribution in [2.24, 2.45) is 0 Å². The van der Waals surface area contributed by atoms with Gasteiger partial charge in [0.25, 0.3) is 0 Å². The fourth-order valence-corrected chi connectivity index (χ4v) is 1.62. The van der Waals surface area contributed by atoms with Gasteiger partial charge in [0.15, 0.2) is 0 Å². The highest BCUT2D eigenvalue weighted by Gasteiger charge is 2.04. The first-order chi connectivity index (χ1) is 10.2. The van der Waals surface area contributed by atoms with E-state index in [0.29, 0.717) is 11.4 Å². The third-order valence-electron chi connectivity index (χ3n) is 2.55.